The van der Waals surface area contributed by atoms with Gasteiger partial charge in [-0.3, -0.25) is 10.1 Å². The molecular weight excluding hydrogens is 246 g/mol. The van der Waals surface area contributed by atoms with Gasteiger partial charge in [0.15, 0.2) is 0 Å². The van der Waals surface area contributed by atoms with Crippen molar-refractivity contribution in [2.45, 2.75) is 18.9 Å². The molecule has 0 aromatic rings. The highest BCUT2D eigenvalue weighted by Crippen LogP contribution is 2.22. The molecule has 0 bridgehead atoms. The quantitative estimate of drug-likeness (QED) is 0.515. The van der Waals surface area contributed by atoms with Gasteiger partial charge in [0.2, 0.25) is 5.70 Å². The molecule has 6 nitrogen and oxygen atoms in total. The third-order valence-corrected chi connectivity index (χ3v) is 3.28. The Morgan fingerprint density at radius 3 is 2.47 bits per heavy atom. The first-order valence-electron chi connectivity index (χ1n) is 6.36. The Balaban J connectivity index is 2.74. The van der Waals surface area contributed by atoms with Gasteiger partial charge in [-0.05, 0) is 26.6 Å². The summed E-state index contributed by atoms with van der Waals surface area (Å²) in [5.74, 6) is 0. The third-order valence-electron chi connectivity index (χ3n) is 3.28. The van der Waals surface area contributed by atoms with Gasteiger partial charge in [-0.15, -0.1) is 0 Å². The topological polar surface area (TPSA) is 58.8 Å². The number of nitrogens with zero attached hydrogens (tertiary/aromatic N) is 3. The van der Waals surface area contributed by atoms with Crippen LogP contribution in [0.1, 0.15) is 12.8 Å². The molecule has 0 aromatic carbocycles. The largest absolute Gasteiger partial charge is 0.383 e. The highest BCUT2D eigenvalue weighted by molar-refractivity contribution is 5.20. The van der Waals surface area contributed by atoms with Crippen molar-refractivity contribution in [3.8, 4) is 0 Å². The molecule has 0 radical (unpaired) electrons. The highest BCUT2D eigenvalue weighted by Gasteiger charge is 2.22. The standard InChI is InChI=1S/C13H23N3O3/c1-14(2)9-13(10-19-4)15(3)11-5-7-12(8-6-11)16(17)18/h5,7,13H,6,8-10H2,1-4H3. The number of ether oxygens (including phenoxy) is 1. The van der Waals surface area contributed by atoms with E-state index in [1.165, 1.54) is 0 Å². The van der Waals surface area contributed by atoms with Gasteiger partial charge in [0, 0.05) is 38.9 Å². The Morgan fingerprint density at radius 2 is 2.05 bits per heavy atom. The van der Waals surface area contributed by atoms with Crippen molar-refractivity contribution >= 4 is 0 Å². The van der Waals surface area contributed by atoms with Crippen LogP contribution in [0, 0.1) is 10.1 Å². The summed E-state index contributed by atoms with van der Waals surface area (Å²) in [4.78, 5) is 14.7. The van der Waals surface area contributed by atoms with Crippen LogP contribution < -0.4 is 0 Å². The van der Waals surface area contributed by atoms with Crippen LogP contribution in [0.2, 0.25) is 0 Å². The van der Waals surface area contributed by atoms with E-state index in [1.54, 1.807) is 13.2 Å². The van der Waals surface area contributed by atoms with E-state index in [1.807, 2.05) is 27.2 Å². The van der Waals surface area contributed by atoms with Crippen LogP contribution in [0.5, 0.6) is 0 Å². The average Bonchev–Trinajstić information content (AvgIpc) is 2.37. The van der Waals surface area contributed by atoms with Crippen molar-refractivity contribution in [3.63, 3.8) is 0 Å². The fraction of sp³-hybridized carbons (Fsp3) is 0.692. The fourth-order valence-corrected chi connectivity index (χ4v) is 2.20. The molecule has 1 unspecified atom stereocenters. The zero-order valence-corrected chi connectivity index (χ0v) is 12.1. The fourth-order valence-electron chi connectivity index (χ4n) is 2.20. The number of nitro groups is 1. The predicted molar refractivity (Wildman–Crippen MR) is 74.4 cm³/mol. The summed E-state index contributed by atoms with van der Waals surface area (Å²) < 4.78 is 5.26. The molecule has 1 aliphatic carbocycles. The Morgan fingerprint density at radius 1 is 1.37 bits per heavy atom. The summed E-state index contributed by atoms with van der Waals surface area (Å²) >= 11 is 0. The second-order valence-electron chi connectivity index (χ2n) is 5.06. The molecule has 0 aliphatic heterocycles. The van der Waals surface area contributed by atoms with Crippen molar-refractivity contribution in [1.29, 1.82) is 0 Å². The molecule has 0 aromatic heterocycles. The summed E-state index contributed by atoms with van der Waals surface area (Å²) in [6.07, 6.45) is 4.65. The van der Waals surface area contributed by atoms with Crippen LogP contribution in [-0.2, 0) is 4.74 Å². The Labute approximate surface area is 114 Å². The molecule has 0 amide bonds. The van der Waals surface area contributed by atoms with E-state index in [-0.39, 0.29) is 16.7 Å². The van der Waals surface area contributed by atoms with Gasteiger partial charge in [-0.2, -0.15) is 0 Å². The van der Waals surface area contributed by atoms with Crippen molar-refractivity contribution in [1.82, 2.24) is 9.80 Å². The van der Waals surface area contributed by atoms with Gasteiger partial charge in [0.1, 0.15) is 0 Å². The molecule has 0 N–H and O–H groups in total. The molecule has 108 valence electrons. The summed E-state index contributed by atoms with van der Waals surface area (Å²) in [5.41, 5.74) is 1.41. The molecule has 1 atom stereocenters. The number of likely N-dealkylation sites (N-methyl/N-ethyl adjacent to an activating group) is 2. The van der Waals surface area contributed by atoms with Gasteiger partial charge in [-0.1, -0.05) is 0 Å². The van der Waals surface area contributed by atoms with Crippen LogP contribution in [0.4, 0.5) is 0 Å². The van der Waals surface area contributed by atoms with Crippen molar-refractivity contribution in [3.05, 3.63) is 33.7 Å². The first-order chi connectivity index (χ1) is 8.95. The molecule has 19 heavy (non-hydrogen) atoms. The lowest BCUT2D eigenvalue weighted by molar-refractivity contribution is -0.428. The number of allylic oxidation sites excluding steroid dienone is 4. The van der Waals surface area contributed by atoms with Crippen molar-refractivity contribution in [2.75, 3.05) is 41.4 Å². The lowest BCUT2D eigenvalue weighted by Crippen LogP contribution is -2.42. The van der Waals surface area contributed by atoms with E-state index >= 15 is 0 Å². The first-order valence-corrected chi connectivity index (χ1v) is 6.36. The molecular formula is C13H23N3O3. The maximum Gasteiger partial charge on any atom is 0.246 e. The molecule has 1 aliphatic rings. The molecule has 0 spiro atoms. The zero-order chi connectivity index (χ0) is 14.4. The number of hydrogen-bond donors (Lipinski definition) is 0. The summed E-state index contributed by atoms with van der Waals surface area (Å²) in [5, 5.41) is 10.7. The summed E-state index contributed by atoms with van der Waals surface area (Å²) in [7, 11) is 7.76. The van der Waals surface area contributed by atoms with E-state index in [0.29, 0.717) is 19.4 Å². The van der Waals surface area contributed by atoms with Gasteiger partial charge >= 0.3 is 0 Å². The predicted octanol–water partition coefficient (Wildman–Crippen LogP) is 1.33. The van der Waals surface area contributed by atoms with Gasteiger partial charge in [0.05, 0.1) is 17.6 Å². The number of hydrogen-bond acceptors (Lipinski definition) is 5. The van der Waals surface area contributed by atoms with Gasteiger partial charge < -0.3 is 14.5 Å². The zero-order valence-electron chi connectivity index (χ0n) is 12.1. The van der Waals surface area contributed by atoms with Crippen molar-refractivity contribution in [2.24, 2.45) is 0 Å². The van der Waals surface area contributed by atoms with Gasteiger partial charge in [0.25, 0.3) is 0 Å². The maximum atomic E-state index is 10.7. The molecule has 6 heteroatoms. The molecule has 0 saturated carbocycles. The van der Waals surface area contributed by atoms with E-state index < -0.39 is 0 Å². The number of rotatable bonds is 7. The second-order valence-corrected chi connectivity index (χ2v) is 5.06. The Kier molecular flexibility index (Phi) is 5.98. The van der Waals surface area contributed by atoms with Crippen LogP contribution in [0.15, 0.2) is 23.5 Å². The normalized spacial score (nSPS) is 16.9. The number of methoxy groups -OCH3 is 1. The highest BCUT2D eigenvalue weighted by atomic mass is 16.6. The lowest BCUT2D eigenvalue weighted by Gasteiger charge is -2.34. The minimum atomic E-state index is -0.306. The smallest absolute Gasteiger partial charge is 0.246 e. The molecule has 0 saturated heterocycles. The van der Waals surface area contributed by atoms with Crippen LogP contribution >= 0.6 is 0 Å². The minimum Gasteiger partial charge on any atom is -0.383 e. The Bertz CT molecular complexity index is 377. The monoisotopic (exact) mass is 269 g/mol. The molecule has 0 fully saturated rings. The van der Waals surface area contributed by atoms with Crippen LogP contribution in [0.3, 0.4) is 0 Å². The molecule has 0 heterocycles. The van der Waals surface area contributed by atoms with Crippen LogP contribution in [-0.4, -0.2) is 62.2 Å². The second kappa shape index (κ2) is 7.25. The van der Waals surface area contributed by atoms with Crippen molar-refractivity contribution < 1.29 is 9.66 Å². The first kappa shape index (κ1) is 15.7. The summed E-state index contributed by atoms with van der Waals surface area (Å²) in [6.45, 7) is 1.52. The molecule has 1 rings (SSSR count). The lowest BCUT2D eigenvalue weighted by atomic mass is 10.1. The third kappa shape index (κ3) is 4.65. The SMILES string of the molecule is COCC(CN(C)C)N(C)C1=CC=C([N+](=O)[O-])CC1. The van der Waals surface area contributed by atoms with Crippen LogP contribution in [0.25, 0.3) is 0 Å². The maximum absolute atomic E-state index is 10.7. The van der Waals surface area contributed by atoms with E-state index in [9.17, 15) is 10.1 Å². The average molecular weight is 269 g/mol. The minimum absolute atomic E-state index is 0.247. The Hall–Kier alpha value is -1.40. The summed E-state index contributed by atoms with van der Waals surface area (Å²) in [6, 6.07) is 0.247. The van der Waals surface area contributed by atoms with Gasteiger partial charge in [-0.25, -0.2) is 0 Å². The van der Waals surface area contributed by atoms with E-state index in [4.69, 9.17) is 4.74 Å². The van der Waals surface area contributed by atoms with E-state index in [0.717, 1.165) is 12.2 Å². The van der Waals surface area contributed by atoms with E-state index in [2.05, 4.69) is 9.80 Å².